The normalized spacial score (nSPS) is 29.5. The zero-order chi connectivity index (χ0) is 13.3. The van der Waals surface area contributed by atoms with Crippen LogP contribution in [0.15, 0.2) is 12.3 Å². The second kappa shape index (κ2) is 5.04. The minimum Gasteiger partial charge on any atom is -0.393 e. The molecule has 0 radical (unpaired) electrons. The number of hydrogen-bond acceptors (Lipinski definition) is 2. The molecule has 0 bridgehead atoms. The quantitative estimate of drug-likeness (QED) is 0.893. The predicted octanol–water partition coefficient (Wildman–Crippen LogP) is 3.33. The van der Waals surface area contributed by atoms with Gasteiger partial charge in [0.2, 0.25) is 0 Å². The van der Waals surface area contributed by atoms with E-state index in [-0.39, 0.29) is 6.10 Å². The van der Waals surface area contributed by atoms with Gasteiger partial charge in [-0.2, -0.15) is 5.10 Å². The summed E-state index contributed by atoms with van der Waals surface area (Å²) in [5, 5.41) is 14.5. The maximum atomic E-state index is 9.98. The van der Waals surface area contributed by atoms with Crippen LogP contribution in [0.1, 0.15) is 58.2 Å². The van der Waals surface area contributed by atoms with Crippen molar-refractivity contribution in [2.45, 2.75) is 65.5 Å². The number of aliphatic hydroxyl groups excluding tert-OH is 1. The van der Waals surface area contributed by atoms with Gasteiger partial charge in [0.15, 0.2) is 0 Å². The van der Waals surface area contributed by atoms with Gasteiger partial charge >= 0.3 is 0 Å². The molecule has 3 atom stereocenters. The van der Waals surface area contributed by atoms with Crippen molar-refractivity contribution in [1.29, 1.82) is 0 Å². The SMILES string of the molecule is CCC(C)(C)C1CCC(O)CC1n1nccc1C. The van der Waals surface area contributed by atoms with Crippen LogP contribution in [-0.4, -0.2) is 21.0 Å². The predicted molar refractivity (Wildman–Crippen MR) is 73.4 cm³/mol. The second-order valence-electron chi connectivity index (χ2n) is 6.40. The Morgan fingerprint density at radius 3 is 2.72 bits per heavy atom. The summed E-state index contributed by atoms with van der Waals surface area (Å²) in [4.78, 5) is 0. The van der Waals surface area contributed by atoms with Gasteiger partial charge in [-0.3, -0.25) is 4.68 Å². The molecule has 0 aromatic carbocycles. The molecule has 0 saturated heterocycles. The minimum absolute atomic E-state index is 0.164. The van der Waals surface area contributed by atoms with Crippen LogP contribution >= 0.6 is 0 Å². The van der Waals surface area contributed by atoms with E-state index in [2.05, 4.69) is 43.5 Å². The molecule has 1 fully saturated rings. The molecule has 3 heteroatoms. The van der Waals surface area contributed by atoms with Gasteiger partial charge in [0.05, 0.1) is 12.1 Å². The molecule has 1 aliphatic rings. The van der Waals surface area contributed by atoms with E-state index in [4.69, 9.17) is 0 Å². The van der Waals surface area contributed by atoms with E-state index < -0.39 is 0 Å². The molecule has 0 spiro atoms. The number of aliphatic hydroxyl groups is 1. The summed E-state index contributed by atoms with van der Waals surface area (Å²) in [6, 6.07) is 2.40. The van der Waals surface area contributed by atoms with Gasteiger partial charge in [-0.1, -0.05) is 27.2 Å². The number of rotatable bonds is 3. The highest BCUT2D eigenvalue weighted by Gasteiger charge is 2.40. The summed E-state index contributed by atoms with van der Waals surface area (Å²) < 4.78 is 2.13. The number of nitrogens with zero attached hydrogens (tertiary/aromatic N) is 2. The van der Waals surface area contributed by atoms with Gasteiger partial charge in [-0.05, 0) is 43.6 Å². The number of aryl methyl sites for hydroxylation is 1. The Hall–Kier alpha value is -0.830. The number of hydrogen-bond donors (Lipinski definition) is 1. The van der Waals surface area contributed by atoms with Crippen LogP contribution in [0.25, 0.3) is 0 Å². The van der Waals surface area contributed by atoms with E-state index in [1.807, 2.05) is 6.20 Å². The summed E-state index contributed by atoms with van der Waals surface area (Å²) in [7, 11) is 0. The molecule has 1 aliphatic carbocycles. The molecule has 1 heterocycles. The molecule has 0 amide bonds. The molecule has 3 nitrogen and oxygen atoms in total. The Labute approximate surface area is 110 Å². The van der Waals surface area contributed by atoms with Crippen LogP contribution in [0, 0.1) is 18.3 Å². The van der Waals surface area contributed by atoms with Crippen molar-refractivity contribution in [2.24, 2.45) is 11.3 Å². The van der Waals surface area contributed by atoms with Crippen LogP contribution in [0.4, 0.5) is 0 Å². The van der Waals surface area contributed by atoms with Crippen LogP contribution in [0.3, 0.4) is 0 Å². The Balaban J connectivity index is 2.30. The zero-order valence-electron chi connectivity index (χ0n) is 12.1. The Morgan fingerprint density at radius 2 is 2.17 bits per heavy atom. The second-order valence-corrected chi connectivity index (χ2v) is 6.40. The zero-order valence-corrected chi connectivity index (χ0v) is 12.1. The molecule has 0 aliphatic heterocycles. The smallest absolute Gasteiger partial charge is 0.0580 e. The molecule has 1 aromatic rings. The van der Waals surface area contributed by atoms with Gasteiger partial charge in [0.1, 0.15) is 0 Å². The third kappa shape index (κ3) is 2.46. The fourth-order valence-electron chi connectivity index (χ4n) is 3.30. The summed E-state index contributed by atoms with van der Waals surface area (Å²) in [6.45, 7) is 9.06. The lowest BCUT2D eigenvalue weighted by molar-refractivity contribution is 0.0165. The van der Waals surface area contributed by atoms with Crippen LogP contribution in [0.5, 0.6) is 0 Å². The molecule has 3 unspecified atom stereocenters. The van der Waals surface area contributed by atoms with Gasteiger partial charge < -0.3 is 5.11 Å². The Bertz CT molecular complexity index is 397. The third-order valence-electron chi connectivity index (χ3n) is 4.89. The summed E-state index contributed by atoms with van der Waals surface area (Å²) in [5.41, 5.74) is 1.51. The molecule has 2 rings (SSSR count). The molecule has 1 saturated carbocycles. The molecule has 1 aromatic heterocycles. The minimum atomic E-state index is -0.164. The molecule has 102 valence electrons. The van der Waals surface area contributed by atoms with Gasteiger partial charge in [-0.25, -0.2) is 0 Å². The van der Waals surface area contributed by atoms with Crippen molar-refractivity contribution in [3.05, 3.63) is 18.0 Å². The van der Waals surface area contributed by atoms with Crippen molar-refractivity contribution < 1.29 is 5.11 Å². The summed E-state index contributed by atoms with van der Waals surface area (Å²) in [6.07, 6.45) is 5.76. The van der Waals surface area contributed by atoms with E-state index in [1.165, 1.54) is 12.1 Å². The van der Waals surface area contributed by atoms with Gasteiger partial charge in [0, 0.05) is 11.9 Å². The first-order chi connectivity index (χ1) is 8.45. The molecule has 18 heavy (non-hydrogen) atoms. The monoisotopic (exact) mass is 250 g/mol. The highest BCUT2D eigenvalue weighted by atomic mass is 16.3. The highest BCUT2D eigenvalue weighted by molar-refractivity contribution is 5.02. The fourth-order valence-corrected chi connectivity index (χ4v) is 3.30. The first-order valence-electron chi connectivity index (χ1n) is 7.14. The third-order valence-corrected chi connectivity index (χ3v) is 4.89. The van der Waals surface area contributed by atoms with E-state index in [1.54, 1.807) is 0 Å². The maximum absolute atomic E-state index is 9.98. The lowest BCUT2D eigenvalue weighted by Gasteiger charge is -2.43. The van der Waals surface area contributed by atoms with Crippen LogP contribution in [0.2, 0.25) is 0 Å². The average Bonchev–Trinajstić information content (AvgIpc) is 2.75. The maximum Gasteiger partial charge on any atom is 0.0580 e. The van der Waals surface area contributed by atoms with E-state index in [0.717, 1.165) is 19.3 Å². The van der Waals surface area contributed by atoms with Crippen molar-refractivity contribution in [3.8, 4) is 0 Å². The van der Waals surface area contributed by atoms with E-state index in [0.29, 0.717) is 17.4 Å². The van der Waals surface area contributed by atoms with Crippen LogP contribution in [-0.2, 0) is 0 Å². The average molecular weight is 250 g/mol. The molecular weight excluding hydrogens is 224 g/mol. The van der Waals surface area contributed by atoms with Crippen LogP contribution < -0.4 is 0 Å². The fraction of sp³-hybridized carbons (Fsp3) is 0.800. The lowest BCUT2D eigenvalue weighted by atomic mass is 9.66. The van der Waals surface area contributed by atoms with Crippen molar-refractivity contribution in [2.75, 3.05) is 0 Å². The molecule has 1 N–H and O–H groups in total. The Morgan fingerprint density at radius 1 is 1.44 bits per heavy atom. The van der Waals surface area contributed by atoms with Crippen molar-refractivity contribution in [1.82, 2.24) is 9.78 Å². The van der Waals surface area contributed by atoms with Crippen molar-refractivity contribution >= 4 is 0 Å². The largest absolute Gasteiger partial charge is 0.393 e. The summed E-state index contributed by atoms with van der Waals surface area (Å²) in [5.74, 6) is 0.601. The van der Waals surface area contributed by atoms with Gasteiger partial charge in [-0.15, -0.1) is 0 Å². The van der Waals surface area contributed by atoms with E-state index in [9.17, 15) is 5.11 Å². The number of aromatic nitrogens is 2. The van der Waals surface area contributed by atoms with E-state index >= 15 is 0 Å². The summed E-state index contributed by atoms with van der Waals surface area (Å²) >= 11 is 0. The van der Waals surface area contributed by atoms with Crippen molar-refractivity contribution in [3.63, 3.8) is 0 Å². The molecular formula is C15H26N2O. The topological polar surface area (TPSA) is 38.0 Å². The Kier molecular flexibility index (Phi) is 3.81. The standard InChI is InChI=1S/C15H26N2O/c1-5-15(3,4)13-7-6-12(18)10-14(13)17-11(2)8-9-16-17/h8-9,12-14,18H,5-7,10H2,1-4H3. The first-order valence-corrected chi connectivity index (χ1v) is 7.14. The lowest BCUT2D eigenvalue weighted by Crippen LogP contribution is -2.39. The van der Waals surface area contributed by atoms with Gasteiger partial charge in [0.25, 0.3) is 0 Å². The first kappa shape index (κ1) is 13.6. The highest BCUT2D eigenvalue weighted by Crippen LogP contribution is 2.46.